The Hall–Kier alpha value is -1.06. The van der Waals surface area contributed by atoms with Gasteiger partial charge in [-0.15, -0.1) is 0 Å². The average molecular weight is 230 g/mol. The summed E-state index contributed by atoms with van der Waals surface area (Å²) < 4.78 is 9.74. The molecule has 94 valence electrons. The summed E-state index contributed by atoms with van der Waals surface area (Å²) >= 11 is 0. The summed E-state index contributed by atoms with van der Waals surface area (Å²) in [6.45, 7) is 6.70. The molecule has 16 heavy (non-hydrogen) atoms. The van der Waals surface area contributed by atoms with Gasteiger partial charge in [-0.2, -0.15) is 0 Å². The predicted octanol–water partition coefficient (Wildman–Crippen LogP) is 2.31. The molecule has 0 saturated carbocycles. The first-order valence-corrected chi connectivity index (χ1v) is 5.87. The highest BCUT2D eigenvalue weighted by Gasteiger charge is 2.12. The van der Waals surface area contributed by atoms with Gasteiger partial charge in [0.15, 0.2) is 0 Å². The van der Waals surface area contributed by atoms with E-state index in [9.17, 15) is 9.59 Å². The summed E-state index contributed by atoms with van der Waals surface area (Å²) in [4.78, 5) is 22.3. The lowest BCUT2D eigenvalue weighted by Gasteiger charge is -2.07. The number of carbonyl (C=O) groups excluding carboxylic acids is 2. The molecular weight excluding hydrogens is 208 g/mol. The van der Waals surface area contributed by atoms with Crippen LogP contribution in [0.3, 0.4) is 0 Å². The van der Waals surface area contributed by atoms with Crippen LogP contribution < -0.4 is 0 Å². The molecule has 0 aromatic rings. The van der Waals surface area contributed by atoms with Crippen LogP contribution in [-0.4, -0.2) is 25.2 Å². The molecule has 0 atom stereocenters. The highest BCUT2D eigenvalue weighted by molar-refractivity contribution is 5.91. The van der Waals surface area contributed by atoms with Gasteiger partial charge < -0.3 is 9.47 Å². The van der Waals surface area contributed by atoms with E-state index in [4.69, 9.17) is 9.47 Å². The fourth-order valence-corrected chi connectivity index (χ4v) is 1.02. The summed E-state index contributed by atoms with van der Waals surface area (Å²) in [6, 6.07) is 0. The Morgan fingerprint density at radius 1 is 1.06 bits per heavy atom. The molecule has 0 aliphatic carbocycles. The normalized spacial score (nSPS) is 10.2. The second-order valence-electron chi connectivity index (χ2n) is 4.18. The van der Waals surface area contributed by atoms with Crippen LogP contribution in [0.15, 0.2) is 0 Å². The largest absolute Gasteiger partial charge is 0.465 e. The van der Waals surface area contributed by atoms with Crippen molar-refractivity contribution in [3.63, 3.8) is 0 Å². The van der Waals surface area contributed by atoms with Gasteiger partial charge in [0.2, 0.25) is 0 Å². The van der Waals surface area contributed by atoms with E-state index in [1.165, 1.54) is 0 Å². The third-order valence-corrected chi connectivity index (χ3v) is 1.88. The molecule has 0 aliphatic rings. The van der Waals surface area contributed by atoms with E-state index in [0.717, 1.165) is 19.3 Å². The maximum Gasteiger partial charge on any atom is 0.317 e. The first kappa shape index (κ1) is 14.9. The number of hydrogen-bond acceptors (Lipinski definition) is 4. The fraction of sp³-hybridized carbons (Fsp3) is 0.833. The summed E-state index contributed by atoms with van der Waals surface area (Å²) in [5, 5.41) is 0. The van der Waals surface area contributed by atoms with E-state index in [1.807, 2.05) is 13.8 Å². The van der Waals surface area contributed by atoms with Crippen molar-refractivity contribution in [2.75, 3.05) is 13.2 Å². The zero-order valence-electron chi connectivity index (χ0n) is 10.5. The Labute approximate surface area is 97.3 Å². The minimum atomic E-state index is -0.505. The molecule has 0 N–H and O–H groups in total. The van der Waals surface area contributed by atoms with Crippen LogP contribution in [0, 0.1) is 5.92 Å². The lowest BCUT2D eigenvalue weighted by atomic mass is 10.2. The number of hydrogen-bond donors (Lipinski definition) is 0. The first-order chi connectivity index (χ1) is 7.56. The zero-order valence-corrected chi connectivity index (χ0v) is 10.5. The topological polar surface area (TPSA) is 52.6 Å². The number of ether oxygens (including phenoxy) is 2. The number of unbranched alkanes of at least 4 members (excludes halogenated alkanes) is 2. The molecule has 0 fully saturated rings. The van der Waals surface area contributed by atoms with Crippen molar-refractivity contribution >= 4 is 11.9 Å². The molecule has 4 nitrogen and oxygen atoms in total. The van der Waals surface area contributed by atoms with Crippen LogP contribution in [0.1, 0.15) is 46.5 Å². The van der Waals surface area contributed by atoms with Crippen molar-refractivity contribution in [3.05, 3.63) is 0 Å². The van der Waals surface area contributed by atoms with Crippen molar-refractivity contribution < 1.29 is 19.1 Å². The highest BCUT2D eigenvalue weighted by atomic mass is 16.6. The maximum atomic E-state index is 11.1. The molecular formula is C12H22O4. The standard InChI is InChI=1S/C12H22O4/c1-4-5-6-7-15-11(13)8-12(14)16-9-10(2)3/h10H,4-9H2,1-3H3. The summed E-state index contributed by atoms with van der Waals surface area (Å²) in [5.41, 5.74) is 0. The van der Waals surface area contributed by atoms with E-state index in [2.05, 4.69) is 6.92 Å². The van der Waals surface area contributed by atoms with Crippen LogP contribution in [0.5, 0.6) is 0 Å². The number of esters is 2. The Bertz CT molecular complexity index is 211. The zero-order chi connectivity index (χ0) is 12.4. The molecule has 0 radical (unpaired) electrons. The number of carbonyl (C=O) groups is 2. The summed E-state index contributed by atoms with van der Waals surface area (Å²) in [7, 11) is 0. The van der Waals surface area contributed by atoms with E-state index >= 15 is 0 Å². The van der Waals surface area contributed by atoms with Gasteiger partial charge in [0, 0.05) is 0 Å². The van der Waals surface area contributed by atoms with Crippen LogP contribution in [0.25, 0.3) is 0 Å². The summed E-state index contributed by atoms with van der Waals surface area (Å²) in [6.07, 6.45) is 2.68. The second-order valence-corrected chi connectivity index (χ2v) is 4.18. The van der Waals surface area contributed by atoms with Gasteiger partial charge >= 0.3 is 11.9 Å². The van der Waals surface area contributed by atoms with E-state index in [0.29, 0.717) is 13.2 Å². The third-order valence-electron chi connectivity index (χ3n) is 1.88. The molecule has 0 saturated heterocycles. The maximum absolute atomic E-state index is 11.1. The smallest absolute Gasteiger partial charge is 0.317 e. The monoisotopic (exact) mass is 230 g/mol. The molecule has 0 aliphatic heterocycles. The molecule has 0 spiro atoms. The highest BCUT2D eigenvalue weighted by Crippen LogP contribution is 1.99. The molecule has 4 heteroatoms. The van der Waals surface area contributed by atoms with Gasteiger partial charge in [-0.05, 0) is 12.3 Å². The SMILES string of the molecule is CCCCCOC(=O)CC(=O)OCC(C)C. The first-order valence-electron chi connectivity index (χ1n) is 5.87. The second kappa shape index (κ2) is 9.19. The van der Waals surface area contributed by atoms with E-state index in [-0.39, 0.29) is 12.3 Å². The van der Waals surface area contributed by atoms with Gasteiger partial charge in [-0.3, -0.25) is 9.59 Å². The Kier molecular flexibility index (Phi) is 8.58. The van der Waals surface area contributed by atoms with Crippen molar-refractivity contribution in [2.45, 2.75) is 46.5 Å². The van der Waals surface area contributed by atoms with Gasteiger partial charge in [-0.1, -0.05) is 33.6 Å². The average Bonchev–Trinajstić information content (AvgIpc) is 2.21. The molecule has 0 unspecified atom stereocenters. The van der Waals surface area contributed by atoms with Crippen LogP contribution in [0.2, 0.25) is 0 Å². The minimum absolute atomic E-state index is 0.279. The number of rotatable bonds is 8. The van der Waals surface area contributed by atoms with Gasteiger partial charge in [-0.25, -0.2) is 0 Å². The Morgan fingerprint density at radius 2 is 1.69 bits per heavy atom. The molecule has 0 amide bonds. The van der Waals surface area contributed by atoms with Gasteiger partial charge in [0.05, 0.1) is 13.2 Å². The lowest BCUT2D eigenvalue weighted by Crippen LogP contribution is -2.16. The summed E-state index contributed by atoms with van der Waals surface area (Å²) in [5.74, 6) is -0.719. The van der Waals surface area contributed by atoms with Crippen molar-refractivity contribution in [1.29, 1.82) is 0 Å². The molecule has 0 aromatic carbocycles. The Balaban J connectivity index is 3.51. The predicted molar refractivity (Wildman–Crippen MR) is 60.9 cm³/mol. The van der Waals surface area contributed by atoms with Gasteiger partial charge in [0.25, 0.3) is 0 Å². The van der Waals surface area contributed by atoms with Crippen LogP contribution in [0.4, 0.5) is 0 Å². The fourth-order valence-electron chi connectivity index (χ4n) is 1.02. The van der Waals surface area contributed by atoms with E-state index < -0.39 is 11.9 Å². The van der Waals surface area contributed by atoms with Crippen molar-refractivity contribution in [1.82, 2.24) is 0 Å². The quantitative estimate of drug-likeness (QED) is 0.365. The minimum Gasteiger partial charge on any atom is -0.465 e. The Morgan fingerprint density at radius 3 is 2.25 bits per heavy atom. The van der Waals surface area contributed by atoms with Crippen LogP contribution in [-0.2, 0) is 19.1 Å². The molecule has 0 aromatic heterocycles. The molecule has 0 bridgehead atoms. The lowest BCUT2D eigenvalue weighted by molar-refractivity contribution is -0.155. The van der Waals surface area contributed by atoms with Gasteiger partial charge in [0.1, 0.15) is 6.42 Å². The van der Waals surface area contributed by atoms with Crippen molar-refractivity contribution in [2.24, 2.45) is 5.92 Å². The molecule has 0 rings (SSSR count). The van der Waals surface area contributed by atoms with Crippen molar-refractivity contribution in [3.8, 4) is 0 Å². The van der Waals surface area contributed by atoms with E-state index in [1.54, 1.807) is 0 Å². The molecule has 0 heterocycles. The van der Waals surface area contributed by atoms with Crippen LogP contribution >= 0.6 is 0 Å². The third kappa shape index (κ3) is 9.49.